The predicted molar refractivity (Wildman–Crippen MR) is 251 cm³/mol. The van der Waals surface area contributed by atoms with Gasteiger partial charge in [0, 0.05) is 27.1 Å². The average molecular weight is 778 g/mol. The van der Waals surface area contributed by atoms with E-state index in [0.29, 0.717) is 0 Å². The highest BCUT2D eigenvalue weighted by Crippen LogP contribution is 2.62. The molecule has 0 fully saturated rings. The third-order valence-electron chi connectivity index (χ3n) is 13.2. The summed E-state index contributed by atoms with van der Waals surface area (Å²) in [5.41, 5.74) is 18.1. The molecular weight excluding hydrogens is 743 g/mol. The SMILES string of the molecule is C#C/C(=C\C=C(/C)c1cccc2c1oc1ccccc12)n1c2ccccc2c2cc(-c3cccc4c3-c3ccccc3C43c4ccccc4-n4c3nc3ccccc34)ccc21. The van der Waals surface area contributed by atoms with Crippen LogP contribution in [-0.4, -0.2) is 14.1 Å². The molecule has 1 aliphatic heterocycles. The van der Waals surface area contributed by atoms with Crippen molar-refractivity contribution < 1.29 is 4.42 Å². The number of furan rings is 1. The summed E-state index contributed by atoms with van der Waals surface area (Å²) in [6.07, 6.45) is 10.6. The standard InChI is InChI=1S/C57H35N3O/c1-3-37(32-30-35(2)38-19-14-21-42-41-17-6-13-29-53(41)61-55(38)42)59-49-26-10-5-16-40(49)44-34-36(31-33-50(44)59)39-20-15-24-47-54(39)43-18-4-7-22-45(43)57(47)46-23-8-11-27-51(46)60-52-28-12-9-25-48(52)58-56(57)60/h1,4-34H,2H3/b35-30+,37-32+. The molecule has 1 unspecified atom stereocenters. The minimum Gasteiger partial charge on any atom is -0.455 e. The molecule has 3 aromatic heterocycles. The van der Waals surface area contributed by atoms with Crippen molar-refractivity contribution in [3.8, 4) is 40.3 Å². The Kier molecular flexibility index (Phi) is 6.89. The van der Waals surface area contributed by atoms with E-state index in [0.717, 1.165) is 83.0 Å². The van der Waals surface area contributed by atoms with Crippen LogP contribution in [0.5, 0.6) is 0 Å². The lowest BCUT2D eigenvalue weighted by Gasteiger charge is -2.27. The van der Waals surface area contributed by atoms with Crippen molar-refractivity contribution in [1.29, 1.82) is 0 Å². The summed E-state index contributed by atoms with van der Waals surface area (Å²) in [6.45, 7) is 2.12. The number of aromatic nitrogens is 3. The van der Waals surface area contributed by atoms with Crippen LogP contribution in [0.15, 0.2) is 192 Å². The van der Waals surface area contributed by atoms with E-state index in [2.05, 4.69) is 198 Å². The van der Waals surface area contributed by atoms with Gasteiger partial charge in [0.15, 0.2) is 0 Å². The summed E-state index contributed by atoms with van der Waals surface area (Å²) in [5.74, 6) is 4.09. The van der Waals surface area contributed by atoms with Crippen LogP contribution in [0.3, 0.4) is 0 Å². The summed E-state index contributed by atoms with van der Waals surface area (Å²) < 4.78 is 11.0. The summed E-state index contributed by atoms with van der Waals surface area (Å²) in [6, 6.07) is 63.1. The van der Waals surface area contributed by atoms with E-state index < -0.39 is 5.41 Å². The second kappa shape index (κ2) is 12.4. The number of benzene rings is 8. The highest BCUT2D eigenvalue weighted by molar-refractivity contribution is 6.13. The third kappa shape index (κ3) is 4.42. The van der Waals surface area contributed by atoms with Crippen molar-refractivity contribution in [2.24, 2.45) is 0 Å². The molecule has 13 rings (SSSR count). The fourth-order valence-electron chi connectivity index (χ4n) is 10.7. The number of allylic oxidation sites excluding steroid dienone is 4. The second-order valence-electron chi connectivity index (χ2n) is 16.2. The molecule has 0 N–H and O–H groups in total. The topological polar surface area (TPSA) is 35.9 Å². The zero-order valence-corrected chi connectivity index (χ0v) is 33.2. The fourth-order valence-corrected chi connectivity index (χ4v) is 10.7. The van der Waals surface area contributed by atoms with E-state index in [9.17, 15) is 0 Å². The second-order valence-corrected chi connectivity index (χ2v) is 16.2. The van der Waals surface area contributed by atoms with Gasteiger partial charge in [-0.05, 0) is 100.0 Å². The molecule has 1 spiro atoms. The Morgan fingerprint density at radius 2 is 1.30 bits per heavy atom. The average Bonchev–Trinajstić information content (AvgIpc) is 4.11. The molecule has 2 aliphatic rings. The van der Waals surface area contributed by atoms with Crippen LogP contribution in [0, 0.1) is 12.3 Å². The van der Waals surface area contributed by atoms with Gasteiger partial charge in [-0.3, -0.25) is 4.57 Å². The van der Waals surface area contributed by atoms with Gasteiger partial charge in [-0.1, -0.05) is 145 Å². The van der Waals surface area contributed by atoms with Gasteiger partial charge in [0.25, 0.3) is 0 Å². The molecule has 4 nitrogen and oxygen atoms in total. The Labute approximate surface area is 352 Å². The van der Waals surface area contributed by atoms with Gasteiger partial charge in [-0.25, -0.2) is 4.98 Å². The van der Waals surface area contributed by atoms with Gasteiger partial charge in [0.05, 0.1) is 33.5 Å². The number of hydrogen-bond acceptors (Lipinski definition) is 2. The molecule has 0 saturated heterocycles. The highest BCUT2D eigenvalue weighted by Gasteiger charge is 2.54. The van der Waals surface area contributed by atoms with Crippen molar-refractivity contribution in [1.82, 2.24) is 14.1 Å². The van der Waals surface area contributed by atoms with Crippen LogP contribution in [-0.2, 0) is 5.41 Å². The summed E-state index contributed by atoms with van der Waals surface area (Å²) in [4.78, 5) is 5.44. The third-order valence-corrected chi connectivity index (χ3v) is 13.2. The first-order chi connectivity index (χ1) is 30.1. The molecule has 61 heavy (non-hydrogen) atoms. The monoisotopic (exact) mass is 777 g/mol. The lowest BCUT2D eigenvalue weighted by atomic mass is 9.73. The Morgan fingerprint density at radius 3 is 2.20 bits per heavy atom. The molecule has 284 valence electrons. The number of nitrogens with zero attached hydrogens (tertiary/aromatic N) is 3. The molecule has 4 heterocycles. The van der Waals surface area contributed by atoms with Crippen LogP contribution in [0.1, 0.15) is 35.0 Å². The van der Waals surface area contributed by atoms with E-state index in [1.165, 1.54) is 39.1 Å². The maximum absolute atomic E-state index is 6.40. The number of fused-ring (bicyclic) bond motifs is 18. The maximum atomic E-state index is 6.40. The molecule has 1 atom stereocenters. The van der Waals surface area contributed by atoms with Gasteiger partial charge in [0.1, 0.15) is 22.4 Å². The van der Waals surface area contributed by atoms with Gasteiger partial charge < -0.3 is 8.98 Å². The Bertz CT molecular complexity index is 3800. The summed E-state index contributed by atoms with van der Waals surface area (Å²) in [5, 5.41) is 4.52. The van der Waals surface area contributed by atoms with Crippen LogP contribution < -0.4 is 0 Å². The molecule has 8 aromatic carbocycles. The smallest absolute Gasteiger partial charge is 0.142 e. The van der Waals surface area contributed by atoms with Gasteiger partial charge >= 0.3 is 0 Å². The van der Waals surface area contributed by atoms with Crippen molar-refractivity contribution in [3.05, 3.63) is 216 Å². The molecule has 0 bridgehead atoms. The molecule has 0 amide bonds. The van der Waals surface area contributed by atoms with Gasteiger partial charge in [-0.2, -0.15) is 0 Å². The van der Waals surface area contributed by atoms with Crippen molar-refractivity contribution in [3.63, 3.8) is 0 Å². The number of rotatable bonds is 4. The first kappa shape index (κ1) is 33.8. The molecular formula is C57H35N3O. The summed E-state index contributed by atoms with van der Waals surface area (Å²) >= 11 is 0. The van der Waals surface area contributed by atoms with E-state index >= 15 is 0 Å². The van der Waals surface area contributed by atoms with Crippen molar-refractivity contribution >= 4 is 66.0 Å². The minimum absolute atomic E-state index is 0.564. The van der Waals surface area contributed by atoms with Gasteiger partial charge in [0.2, 0.25) is 0 Å². The maximum Gasteiger partial charge on any atom is 0.142 e. The quantitative estimate of drug-likeness (QED) is 0.132. The van der Waals surface area contributed by atoms with E-state index in [1.54, 1.807) is 0 Å². The van der Waals surface area contributed by atoms with Gasteiger partial charge in [-0.15, -0.1) is 6.42 Å². The zero-order valence-electron chi connectivity index (χ0n) is 33.2. The first-order valence-corrected chi connectivity index (χ1v) is 20.8. The minimum atomic E-state index is -0.564. The number of terminal acetylenes is 1. The van der Waals surface area contributed by atoms with E-state index in [1.807, 2.05) is 12.1 Å². The van der Waals surface area contributed by atoms with Crippen LogP contribution in [0.25, 0.3) is 94.0 Å². The first-order valence-electron chi connectivity index (χ1n) is 20.8. The van der Waals surface area contributed by atoms with E-state index in [-0.39, 0.29) is 0 Å². The van der Waals surface area contributed by atoms with Crippen LogP contribution >= 0.6 is 0 Å². The number of imidazole rings is 1. The lowest BCUT2D eigenvalue weighted by molar-refractivity contribution is 0.667. The summed E-state index contributed by atoms with van der Waals surface area (Å²) in [7, 11) is 0. The number of para-hydroxylation sites is 6. The van der Waals surface area contributed by atoms with Crippen LogP contribution in [0.4, 0.5) is 0 Å². The van der Waals surface area contributed by atoms with Crippen molar-refractivity contribution in [2.75, 3.05) is 0 Å². The Morgan fingerprint density at radius 1 is 0.607 bits per heavy atom. The Balaban J connectivity index is 0.989. The predicted octanol–water partition coefficient (Wildman–Crippen LogP) is 14.0. The molecule has 11 aromatic rings. The number of hydrogen-bond donors (Lipinski definition) is 0. The van der Waals surface area contributed by atoms with Crippen LogP contribution in [0.2, 0.25) is 0 Å². The molecule has 1 aliphatic carbocycles. The zero-order chi connectivity index (χ0) is 40.4. The fraction of sp³-hybridized carbons (Fsp3) is 0.0351. The largest absolute Gasteiger partial charge is 0.455 e. The molecule has 4 heteroatoms. The van der Waals surface area contributed by atoms with Crippen molar-refractivity contribution in [2.45, 2.75) is 12.3 Å². The highest BCUT2D eigenvalue weighted by atomic mass is 16.3. The Hall–Kier alpha value is -8.13. The molecule has 0 radical (unpaired) electrons. The van der Waals surface area contributed by atoms with E-state index in [4.69, 9.17) is 15.8 Å². The lowest BCUT2D eigenvalue weighted by Crippen LogP contribution is -2.27. The molecule has 0 saturated carbocycles. The normalized spacial score (nSPS) is 15.5.